The third-order valence-electron chi connectivity index (χ3n) is 3.36. The van der Waals surface area contributed by atoms with Crippen LogP contribution in [0.2, 0.25) is 0 Å². The minimum atomic E-state index is 0.469. The first-order valence-corrected chi connectivity index (χ1v) is 7.23. The lowest BCUT2D eigenvalue weighted by molar-refractivity contribution is 0.568. The van der Waals surface area contributed by atoms with E-state index >= 15 is 0 Å². The number of pyridine rings is 1. The highest BCUT2D eigenvalue weighted by Crippen LogP contribution is 2.30. The standard InChI is InChI=1S/C17H12N6O/c1-2-13(8-18-5-1)22-17-20-9-14(15-3-6-19-11-21-15)16(23-17)12-4-7-24-10-12/h1-11H,(H,20,22,23). The van der Waals surface area contributed by atoms with Gasteiger partial charge in [-0.1, -0.05) is 0 Å². The average Bonchev–Trinajstić information content (AvgIpc) is 3.18. The van der Waals surface area contributed by atoms with Crippen molar-refractivity contribution in [3.05, 3.63) is 67.9 Å². The van der Waals surface area contributed by atoms with Crippen LogP contribution in [0.25, 0.3) is 22.5 Å². The molecule has 0 aliphatic heterocycles. The van der Waals surface area contributed by atoms with Gasteiger partial charge < -0.3 is 9.73 Å². The summed E-state index contributed by atoms with van der Waals surface area (Å²) in [5.74, 6) is 0.469. The molecule has 4 aromatic rings. The van der Waals surface area contributed by atoms with Crippen molar-refractivity contribution in [2.24, 2.45) is 0 Å². The number of nitrogens with one attached hydrogen (secondary N) is 1. The smallest absolute Gasteiger partial charge is 0.227 e. The molecule has 0 aromatic carbocycles. The van der Waals surface area contributed by atoms with Gasteiger partial charge in [0.1, 0.15) is 6.33 Å². The van der Waals surface area contributed by atoms with Crippen LogP contribution in [0.5, 0.6) is 0 Å². The van der Waals surface area contributed by atoms with Crippen molar-refractivity contribution in [2.75, 3.05) is 5.32 Å². The second kappa shape index (κ2) is 6.25. The normalized spacial score (nSPS) is 10.5. The molecule has 24 heavy (non-hydrogen) atoms. The van der Waals surface area contributed by atoms with Gasteiger partial charge in [-0.3, -0.25) is 4.98 Å². The maximum absolute atomic E-state index is 5.19. The van der Waals surface area contributed by atoms with E-state index in [-0.39, 0.29) is 0 Å². The molecule has 0 saturated carbocycles. The molecule has 116 valence electrons. The fraction of sp³-hybridized carbons (Fsp3) is 0. The Bertz CT molecular complexity index is 926. The second-order valence-corrected chi connectivity index (χ2v) is 4.93. The number of hydrogen-bond acceptors (Lipinski definition) is 7. The average molecular weight is 316 g/mol. The summed E-state index contributed by atoms with van der Waals surface area (Å²) in [6.07, 6.45) is 11.6. The first kappa shape index (κ1) is 14.0. The number of anilines is 2. The van der Waals surface area contributed by atoms with Crippen molar-refractivity contribution in [3.63, 3.8) is 0 Å². The molecule has 4 heterocycles. The Kier molecular flexibility index (Phi) is 3.65. The van der Waals surface area contributed by atoms with Gasteiger partial charge >= 0.3 is 0 Å². The highest BCUT2D eigenvalue weighted by atomic mass is 16.3. The molecule has 1 N–H and O–H groups in total. The number of furan rings is 1. The Morgan fingerprint density at radius 3 is 2.71 bits per heavy atom. The molecule has 0 fully saturated rings. The molecule has 0 spiro atoms. The number of hydrogen-bond donors (Lipinski definition) is 1. The minimum absolute atomic E-state index is 0.469. The largest absolute Gasteiger partial charge is 0.472 e. The van der Waals surface area contributed by atoms with Gasteiger partial charge in [-0.2, -0.15) is 0 Å². The maximum Gasteiger partial charge on any atom is 0.227 e. The molecule has 0 atom stereocenters. The number of nitrogens with zero attached hydrogens (tertiary/aromatic N) is 5. The van der Waals surface area contributed by atoms with Crippen LogP contribution in [0.15, 0.2) is 72.3 Å². The van der Waals surface area contributed by atoms with Crippen LogP contribution in [-0.4, -0.2) is 24.9 Å². The van der Waals surface area contributed by atoms with Crippen molar-refractivity contribution in [1.29, 1.82) is 0 Å². The molecule has 7 heteroatoms. The van der Waals surface area contributed by atoms with Crippen molar-refractivity contribution in [3.8, 4) is 22.5 Å². The van der Waals surface area contributed by atoms with Crippen molar-refractivity contribution in [2.45, 2.75) is 0 Å². The van der Waals surface area contributed by atoms with Crippen molar-refractivity contribution in [1.82, 2.24) is 24.9 Å². The molecule has 0 radical (unpaired) electrons. The van der Waals surface area contributed by atoms with Crippen molar-refractivity contribution >= 4 is 11.6 Å². The van der Waals surface area contributed by atoms with Gasteiger partial charge in [-0.15, -0.1) is 0 Å². The summed E-state index contributed by atoms with van der Waals surface area (Å²) in [7, 11) is 0. The first-order chi connectivity index (χ1) is 11.9. The second-order valence-electron chi connectivity index (χ2n) is 4.93. The van der Waals surface area contributed by atoms with Gasteiger partial charge in [0.15, 0.2) is 0 Å². The monoisotopic (exact) mass is 316 g/mol. The molecule has 0 aliphatic carbocycles. The summed E-state index contributed by atoms with van der Waals surface area (Å²) in [4.78, 5) is 21.3. The lowest BCUT2D eigenvalue weighted by Gasteiger charge is -2.09. The summed E-state index contributed by atoms with van der Waals surface area (Å²) in [5, 5.41) is 3.14. The SMILES string of the molecule is c1cncc(Nc2ncc(-c3ccncn3)c(-c3ccoc3)n2)c1. The van der Waals surface area contributed by atoms with Crippen molar-refractivity contribution < 1.29 is 4.42 Å². The van der Waals surface area contributed by atoms with E-state index in [0.717, 1.165) is 28.2 Å². The lowest BCUT2D eigenvalue weighted by Crippen LogP contribution is -2.00. The van der Waals surface area contributed by atoms with Gasteiger partial charge in [0.05, 0.1) is 35.8 Å². The van der Waals surface area contributed by atoms with E-state index in [0.29, 0.717) is 5.95 Å². The molecule has 0 amide bonds. The van der Waals surface area contributed by atoms with Crippen LogP contribution in [0.3, 0.4) is 0 Å². The fourth-order valence-corrected chi connectivity index (χ4v) is 2.26. The zero-order chi connectivity index (χ0) is 16.2. The maximum atomic E-state index is 5.19. The van der Waals surface area contributed by atoms with Crippen LogP contribution in [0, 0.1) is 0 Å². The van der Waals surface area contributed by atoms with Gasteiger partial charge in [0.25, 0.3) is 0 Å². The van der Waals surface area contributed by atoms with E-state index in [2.05, 4.69) is 30.2 Å². The Morgan fingerprint density at radius 1 is 0.958 bits per heavy atom. The molecule has 4 rings (SSSR count). The van der Waals surface area contributed by atoms with Crippen LogP contribution >= 0.6 is 0 Å². The predicted octanol–water partition coefficient (Wildman–Crippen LogP) is 3.33. The molecule has 7 nitrogen and oxygen atoms in total. The van der Waals surface area contributed by atoms with Gasteiger partial charge in [0, 0.05) is 29.7 Å². The van der Waals surface area contributed by atoms with Crippen LogP contribution in [-0.2, 0) is 0 Å². The minimum Gasteiger partial charge on any atom is -0.472 e. The Morgan fingerprint density at radius 2 is 1.96 bits per heavy atom. The third-order valence-corrected chi connectivity index (χ3v) is 3.36. The predicted molar refractivity (Wildman–Crippen MR) is 88.3 cm³/mol. The molecular weight excluding hydrogens is 304 g/mol. The molecule has 0 saturated heterocycles. The molecule has 0 unspecified atom stereocenters. The number of rotatable bonds is 4. The van der Waals surface area contributed by atoms with E-state index < -0.39 is 0 Å². The third kappa shape index (κ3) is 2.82. The van der Waals surface area contributed by atoms with E-state index in [4.69, 9.17) is 4.42 Å². The summed E-state index contributed by atoms with van der Waals surface area (Å²) in [6, 6.07) is 7.40. The first-order valence-electron chi connectivity index (χ1n) is 7.23. The highest BCUT2D eigenvalue weighted by Gasteiger charge is 2.13. The lowest BCUT2D eigenvalue weighted by atomic mass is 10.1. The zero-order valence-corrected chi connectivity index (χ0v) is 12.5. The molecular formula is C17H12N6O. The number of aromatic nitrogens is 5. The molecule has 0 aliphatic rings. The molecule has 4 aromatic heterocycles. The zero-order valence-electron chi connectivity index (χ0n) is 12.5. The summed E-state index contributed by atoms with van der Waals surface area (Å²) < 4.78 is 5.19. The van der Waals surface area contributed by atoms with Crippen LogP contribution in [0.1, 0.15) is 0 Å². The van der Waals surface area contributed by atoms with Gasteiger partial charge in [-0.05, 0) is 24.3 Å². The Hall–Kier alpha value is -3.61. The van der Waals surface area contributed by atoms with E-state index in [1.54, 1.807) is 37.3 Å². The van der Waals surface area contributed by atoms with E-state index in [9.17, 15) is 0 Å². The Balaban J connectivity index is 1.78. The van der Waals surface area contributed by atoms with Crippen LogP contribution < -0.4 is 5.32 Å². The van der Waals surface area contributed by atoms with Gasteiger partial charge in [-0.25, -0.2) is 19.9 Å². The van der Waals surface area contributed by atoms with Gasteiger partial charge in [0.2, 0.25) is 5.95 Å². The summed E-state index contributed by atoms with van der Waals surface area (Å²) >= 11 is 0. The van der Waals surface area contributed by atoms with E-state index in [1.165, 1.54) is 6.33 Å². The summed E-state index contributed by atoms with van der Waals surface area (Å²) in [6.45, 7) is 0. The highest BCUT2D eigenvalue weighted by molar-refractivity contribution is 5.78. The van der Waals surface area contributed by atoms with Crippen LogP contribution in [0.4, 0.5) is 11.6 Å². The summed E-state index contributed by atoms with van der Waals surface area (Å²) in [5.41, 5.74) is 3.93. The molecule has 0 bridgehead atoms. The topological polar surface area (TPSA) is 89.6 Å². The van der Waals surface area contributed by atoms with E-state index in [1.807, 2.05) is 24.3 Å². The fourth-order valence-electron chi connectivity index (χ4n) is 2.26. The quantitative estimate of drug-likeness (QED) is 0.617. The Labute approximate surface area is 137 Å².